The second-order valence-electron chi connectivity index (χ2n) is 4.36. The lowest BCUT2D eigenvalue weighted by Crippen LogP contribution is -2.04. The zero-order chi connectivity index (χ0) is 15.1. The summed E-state index contributed by atoms with van der Waals surface area (Å²) in [6, 6.07) is 5.51. The second kappa shape index (κ2) is 7.64. The molecule has 2 aromatic rings. The maximum atomic E-state index is 10.6. The average molecular weight is 351 g/mol. The van der Waals surface area contributed by atoms with E-state index >= 15 is 0 Å². The fraction of sp³-hybridized carbons (Fsp3) is 0.200. The molecule has 0 aliphatic heterocycles. The predicted molar refractivity (Wildman–Crippen MR) is 83.2 cm³/mol. The third kappa shape index (κ3) is 5.07. The number of imidazole rings is 1. The molecule has 0 bridgehead atoms. The van der Waals surface area contributed by atoms with Crippen LogP contribution in [0.15, 0.2) is 47.5 Å². The number of ether oxygens (including phenoxy) is 1. The zero-order valence-corrected chi connectivity index (χ0v) is 12.9. The van der Waals surface area contributed by atoms with Crippen molar-refractivity contribution in [1.29, 1.82) is 0 Å². The molecule has 0 radical (unpaired) electrons. The minimum atomic E-state index is -0.985. The summed E-state index contributed by atoms with van der Waals surface area (Å²) in [5.41, 5.74) is 0.731. The van der Waals surface area contributed by atoms with Gasteiger partial charge in [-0.2, -0.15) is 0 Å². The van der Waals surface area contributed by atoms with E-state index in [1.165, 1.54) is 6.08 Å². The number of benzene rings is 1. The first-order chi connectivity index (χ1) is 10.1. The largest absolute Gasteiger partial charge is 0.493 e. The smallest absolute Gasteiger partial charge is 0.328 e. The number of rotatable bonds is 7. The highest BCUT2D eigenvalue weighted by molar-refractivity contribution is 9.10. The molecule has 110 valence electrons. The van der Waals surface area contributed by atoms with Gasteiger partial charge >= 0.3 is 5.97 Å². The summed E-state index contributed by atoms with van der Waals surface area (Å²) in [4.78, 5) is 14.6. The van der Waals surface area contributed by atoms with Crippen LogP contribution in [0.3, 0.4) is 0 Å². The number of hydrogen-bond acceptors (Lipinski definition) is 3. The van der Waals surface area contributed by atoms with Crippen LogP contribution in [0, 0.1) is 0 Å². The zero-order valence-electron chi connectivity index (χ0n) is 11.3. The second-order valence-corrected chi connectivity index (χ2v) is 5.27. The summed E-state index contributed by atoms with van der Waals surface area (Å²) in [5.74, 6) is -0.317. The number of halogens is 1. The Kier molecular flexibility index (Phi) is 5.57. The van der Waals surface area contributed by atoms with Gasteiger partial charge in [0.25, 0.3) is 0 Å². The van der Waals surface area contributed by atoms with E-state index in [0.717, 1.165) is 29.1 Å². The fourth-order valence-electron chi connectivity index (χ4n) is 1.79. The molecule has 0 fully saturated rings. The third-order valence-electron chi connectivity index (χ3n) is 2.75. The van der Waals surface area contributed by atoms with Gasteiger partial charge in [-0.25, -0.2) is 9.78 Å². The van der Waals surface area contributed by atoms with Gasteiger partial charge in [0.15, 0.2) is 0 Å². The minimum Gasteiger partial charge on any atom is -0.493 e. The molecule has 0 atom stereocenters. The number of carboxylic acid groups (broad SMARTS) is 1. The monoisotopic (exact) mass is 350 g/mol. The number of nitrogens with zero attached hydrogens (tertiary/aromatic N) is 2. The quantitative estimate of drug-likeness (QED) is 0.615. The fourth-order valence-corrected chi connectivity index (χ4v) is 2.17. The molecule has 0 aliphatic rings. The number of hydrogen-bond donors (Lipinski definition) is 1. The number of carbonyl (C=O) groups is 1. The molecule has 0 unspecified atom stereocenters. The molecule has 5 nitrogen and oxygen atoms in total. The topological polar surface area (TPSA) is 64.3 Å². The van der Waals surface area contributed by atoms with Crippen molar-refractivity contribution < 1.29 is 14.6 Å². The first-order valence-electron chi connectivity index (χ1n) is 6.44. The van der Waals surface area contributed by atoms with Crippen molar-refractivity contribution in [3.8, 4) is 5.75 Å². The van der Waals surface area contributed by atoms with E-state index in [9.17, 15) is 4.79 Å². The lowest BCUT2D eigenvalue weighted by molar-refractivity contribution is -0.131. The summed E-state index contributed by atoms with van der Waals surface area (Å²) < 4.78 is 8.58. The molecule has 0 saturated heterocycles. The molecular weight excluding hydrogens is 336 g/mol. The van der Waals surface area contributed by atoms with Gasteiger partial charge in [0, 0.05) is 35.1 Å². The summed E-state index contributed by atoms with van der Waals surface area (Å²) in [6.45, 7) is 1.38. The van der Waals surface area contributed by atoms with E-state index in [2.05, 4.69) is 20.9 Å². The standard InChI is InChI=1S/C15H15BrN2O3/c16-13-3-4-14(12(10-13)2-5-15(19)20)21-9-1-7-18-8-6-17-11-18/h2-6,8,10-11H,1,7,9H2,(H,19,20). The summed E-state index contributed by atoms with van der Waals surface area (Å²) in [7, 11) is 0. The molecule has 2 rings (SSSR count). The van der Waals surface area contributed by atoms with Crippen LogP contribution in [0.4, 0.5) is 0 Å². The van der Waals surface area contributed by atoms with Gasteiger partial charge in [-0.3, -0.25) is 0 Å². The van der Waals surface area contributed by atoms with Crippen molar-refractivity contribution >= 4 is 28.0 Å². The predicted octanol–water partition coefficient (Wildman–Crippen LogP) is 3.21. The van der Waals surface area contributed by atoms with Crippen LogP contribution in [0.2, 0.25) is 0 Å². The maximum Gasteiger partial charge on any atom is 0.328 e. The minimum absolute atomic E-state index is 0.549. The molecule has 1 N–H and O–H groups in total. The third-order valence-corrected chi connectivity index (χ3v) is 3.25. The average Bonchev–Trinajstić information content (AvgIpc) is 2.96. The van der Waals surface area contributed by atoms with Crippen molar-refractivity contribution in [3.05, 3.63) is 53.0 Å². The van der Waals surface area contributed by atoms with Crippen molar-refractivity contribution in [2.75, 3.05) is 6.61 Å². The van der Waals surface area contributed by atoms with Gasteiger partial charge < -0.3 is 14.4 Å². The molecule has 1 aromatic heterocycles. The molecule has 0 spiro atoms. The molecule has 6 heteroatoms. The van der Waals surface area contributed by atoms with Crippen LogP contribution in [-0.2, 0) is 11.3 Å². The van der Waals surface area contributed by atoms with Gasteiger partial charge in [0.1, 0.15) is 5.75 Å². The Labute approximate surface area is 131 Å². The highest BCUT2D eigenvalue weighted by Crippen LogP contribution is 2.24. The molecule has 0 amide bonds. The highest BCUT2D eigenvalue weighted by atomic mass is 79.9. The Balaban J connectivity index is 1.93. The number of carboxylic acids is 1. The van der Waals surface area contributed by atoms with E-state index in [-0.39, 0.29) is 0 Å². The SMILES string of the molecule is O=C(O)C=Cc1cc(Br)ccc1OCCCn1ccnc1. The van der Waals surface area contributed by atoms with Crippen LogP contribution in [0.5, 0.6) is 5.75 Å². The van der Waals surface area contributed by atoms with E-state index < -0.39 is 5.97 Å². The highest BCUT2D eigenvalue weighted by Gasteiger charge is 2.03. The Morgan fingerprint density at radius 2 is 2.33 bits per heavy atom. The van der Waals surface area contributed by atoms with Gasteiger partial charge in [-0.05, 0) is 30.7 Å². The van der Waals surface area contributed by atoms with Crippen LogP contribution in [-0.4, -0.2) is 27.2 Å². The van der Waals surface area contributed by atoms with Crippen LogP contribution < -0.4 is 4.74 Å². The Bertz CT molecular complexity index is 624. The molecule has 1 heterocycles. The van der Waals surface area contributed by atoms with E-state index in [4.69, 9.17) is 9.84 Å². The summed E-state index contributed by atoms with van der Waals surface area (Å²) in [6.07, 6.45) is 8.87. The van der Waals surface area contributed by atoms with E-state index in [1.54, 1.807) is 12.5 Å². The Morgan fingerprint density at radius 1 is 1.48 bits per heavy atom. The van der Waals surface area contributed by atoms with Crippen molar-refractivity contribution in [3.63, 3.8) is 0 Å². The van der Waals surface area contributed by atoms with Crippen LogP contribution >= 0.6 is 15.9 Å². The van der Waals surface area contributed by atoms with Crippen molar-refractivity contribution in [2.24, 2.45) is 0 Å². The number of aliphatic carboxylic acids is 1. The molecule has 0 saturated carbocycles. The summed E-state index contributed by atoms with van der Waals surface area (Å²) in [5, 5.41) is 8.71. The molecule has 21 heavy (non-hydrogen) atoms. The molecular formula is C15H15BrN2O3. The Morgan fingerprint density at radius 3 is 3.05 bits per heavy atom. The normalized spacial score (nSPS) is 10.9. The Hall–Kier alpha value is -2.08. The van der Waals surface area contributed by atoms with E-state index in [0.29, 0.717) is 12.4 Å². The number of aromatic nitrogens is 2. The lowest BCUT2D eigenvalue weighted by Gasteiger charge is -2.10. The van der Waals surface area contributed by atoms with Gasteiger partial charge in [-0.15, -0.1) is 0 Å². The van der Waals surface area contributed by atoms with Crippen LogP contribution in [0.25, 0.3) is 6.08 Å². The number of aryl methyl sites for hydroxylation is 1. The summed E-state index contributed by atoms with van der Waals surface area (Å²) >= 11 is 3.36. The molecule has 1 aromatic carbocycles. The van der Waals surface area contributed by atoms with Crippen molar-refractivity contribution in [1.82, 2.24) is 9.55 Å². The van der Waals surface area contributed by atoms with Crippen LogP contribution in [0.1, 0.15) is 12.0 Å². The first-order valence-corrected chi connectivity index (χ1v) is 7.23. The lowest BCUT2D eigenvalue weighted by atomic mass is 10.2. The van der Waals surface area contributed by atoms with E-state index in [1.807, 2.05) is 29.0 Å². The molecule has 0 aliphatic carbocycles. The van der Waals surface area contributed by atoms with Crippen molar-refractivity contribution in [2.45, 2.75) is 13.0 Å². The van der Waals surface area contributed by atoms with Gasteiger partial charge in [0.05, 0.1) is 12.9 Å². The van der Waals surface area contributed by atoms with Gasteiger partial charge in [0.2, 0.25) is 0 Å². The van der Waals surface area contributed by atoms with Gasteiger partial charge in [-0.1, -0.05) is 15.9 Å². The maximum absolute atomic E-state index is 10.6. The first kappa shape index (κ1) is 15.3.